The monoisotopic (exact) mass is 215 g/mol. The van der Waals surface area contributed by atoms with Gasteiger partial charge in [-0.2, -0.15) is 0 Å². The summed E-state index contributed by atoms with van der Waals surface area (Å²) in [6, 6.07) is 3.80. The van der Waals surface area contributed by atoms with Gasteiger partial charge in [-0.1, -0.05) is 6.07 Å². The van der Waals surface area contributed by atoms with Gasteiger partial charge in [0.1, 0.15) is 5.76 Å². The van der Waals surface area contributed by atoms with Crippen molar-refractivity contribution < 1.29 is 9.53 Å². The maximum absolute atomic E-state index is 11.5. The average molecular weight is 215 g/mol. The lowest BCUT2D eigenvalue weighted by atomic mass is 10.1. The molecule has 82 valence electrons. The van der Waals surface area contributed by atoms with E-state index in [0.717, 1.165) is 5.56 Å². The number of hydrogen-bond acceptors (Lipinski definition) is 3. The third kappa shape index (κ3) is 2.19. The van der Waals surface area contributed by atoms with Gasteiger partial charge in [-0.15, -0.1) is 0 Å². The van der Waals surface area contributed by atoms with Gasteiger partial charge in [0.25, 0.3) is 0 Å². The topological polar surface area (TPSA) is 39.2 Å². The molecule has 0 bridgehead atoms. The fourth-order valence-corrected chi connectivity index (χ4v) is 1.41. The van der Waals surface area contributed by atoms with Gasteiger partial charge in [-0.3, -0.25) is 9.78 Å². The molecule has 3 heteroatoms. The second-order valence-corrected chi connectivity index (χ2v) is 4.14. The lowest BCUT2D eigenvalue weighted by Gasteiger charge is -2.16. The summed E-state index contributed by atoms with van der Waals surface area (Å²) in [6.45, 7) is 3.52. The molecule has 0 fully saturated rings. The number of ether oxygens (including phenoxy) is 1. The van der Waals surface area contributed by atoms with Gasteiger partial charge in [-0.25, -0.2) is 0 Å². The highest BCUT2D eigenvalue weighted by atomic mass is 16.5. The highest BCUT2D eigenvalue weighted by Crippen LogP contribution is 2.25. The fourth-order valence-electron chi connectivity index (χ4n) is 1.41. The Balaban J connectivity index is 2.11. The van der Waals surface area contributed by atoms with E-state index in [2.05, 4.69) is 4.98 Å². The van der Waals surface area contributed by atoms with Gasteiger partial charge in [0.2, 0.25) is 5.78 Å². The number of carbonyl (C=O) groups is 1. The summed E-state index contributed by atoms with van der Waals surface area (Å²) in [4.78, 5) is 15.5. The Hall–Kier alpha value is -1.90. The highest BCUT2D eigenvalue weighted by Gasteiger charge is 2.33. The molecule has 0 amide bonds. The van der Waals surface area contributed by atoms with Crippen molar-refractivity contribution in [2.24, 2.45) is 0 Å². The van der Waals surface area contributed by atoms with Crippen molar-refractivity contribution in [2.75, 3.05) is 0 Å². The molecule has 0 aromatic carbocycles. The molecule has 0 aliphatic carbocycles. The Labute approximate surface area is 94.5 Å². The first-order valence-electron chi connectivity index (χ1n) is 5.11. The van der Waals surface area contributed by atoms with E-state index in [-0.39, 0.29) is 5.78 Å². The maximum Gasteiger partial charge on any atom is 0.202 e. The molecule has 0 N–H and O–H groups in total. The van der Waals surface area contributed by atoms with Crippen molar-refractivity contribution in [1.82, 2.24) is 4.98 Å². The summed E-state index contributed by atoms with van der Waals surface area (Å²) >= 11 is 0. The first-order chi connectivity index (χ1) is 7.58. The Morgan fingerprint density at radius 1 is 1.38 bits per heavy atom. The zero-order valence-corrected chi connectivity index (χ0v) is 9.31. The number of nitrogens with zero attached hydrogens (tertiary/aromatic N) is 1. The molecule has 0 saturated carbocycles. The van der Waals surface area contributed by atoms with Crippen LogP contribution in [0.4, 0.5) is 0 Å². The second-order valence-electron chi connectivity index (χ2n) is 4.14. The van der Waals surface area contributed by atoms with Gasteiger partial charge in [0.15, 0.2) is 5.60 Å². The van der Waals surface area contributed by atoms with Crippen molar-refractivity contribution in [3.8, 4) is 0 Å². The average Bonchev–Trinajstić information content (AvgIpc) is 2.52. The van der Waals surface area contributed by atoms with Crippen LogP contribution in [0.1, 0.15) is 19.4 Å². The second kappa shape index (κ2) is 3.93. The number of carbonyl (C=O) groups excluding carboxylic acids is 1. The third-order valence-corrected chi connectivity index (χ3v) is 2.36. The quantitative estimate of drug-likeness (QED) is 0.760. The number of allylic oxidation sites excluding steroid dienone is 1. The van der Waals surface area contributed by atoms with Gasteiger partial charge >= 0.3 is 0 Å². The van der Waals surface area contributed by atoms with E-state index in [4.69, 9.17) is 4.74 Å². The zero-order chi connectivity index (χ0) is 11.6. The van der Waals surface area contributed by atoms with E-state index in [1.54, 1.807) is 32.3 Å². The first-order valence-corrected chi connectivity index (χ1v) is 5.11. The summed E-state index contributed by atoms with van der Waals surface area (Å²) < 4.78 is 5.49. The van der Waals surface area contributed by atoms with Crippen LogP contribution in [0.3, 0.4) is 0 Å². The van der Waals surface area contributed by atoms with Crippen molar-refractivity contribution in [1.29, 1.82) is 0 Å². The molecule has 1 aromatic rings. The molecule has 16 heavy (non-hydrogen) atoms. The number of aromatic nitrogens is 1. The molecule has 1 aromatic heterocycles. The van der Waals surface area contributed by atoms with E-state index >= 15 is 0 Å². The maximum atomic E-state index is 11.5. The molecule has 1 aliphatic heterocycles. The van der Waals surface area contributed by atoms with Crippen LogP contribution in [0.15, 0.2) is 42.4 Å². The van der Waals surface area contributed by atoms with Gasteiger partial charge in [-0.05, 0) is 37.6 Å². The largest absolute Gasteiger partial charge is 0.480 e. The minimum Gasteiger partial charge on any atom is -0.480 e. The van der Waals surface area contributed by atoms with Crippen LogP contribution >= 0.6 is 0 Å². The zero-order valence-electron chi connectivity index (χ0n) is 9.31. The van der Waals surface area contributed by atoms with E-state index in [1.807, 2.05) is 18.2 Å². The van der Waals surface area contributed by atoms with E-state index in [1.165, 1.54) is 6.08 Å². The predicted octanol–water partition coefficient (Wildman–Crippen LogP) is 2.36. The molecular formula is C13H13NO2. The number of hydrogen-bond donors (Lipinski definition) is 0. The molecule has 0 spiro atoms. The van der Waals surface area contributed by atoms with Crippen LogP contribution in [0, 0.1) is 0 Å². The summed E-state index contributed by atoms with van der Waals surface area (Å²) in [7, 11) is 0. The van der Waals surface area contributed by atoms with Gasteiger partial charge in [0.05, 0.1) is 0 Å². The van der Waals surface area contributed by atoms with Crippen LogP contribution < -0.4 is 0 Å². The lowest BCUT2D eigenvalue weighted by Crippen LogP contribution is -2.27. The summed E-state index contributed by atoms with van der Waals surface area (Å²) in [5.41, 5.74) is 0.249. The Bertz CT molecular complexity index is 458. The van der Waals surface area contributed by atoms with Gasteiger partial charge in [0, 0.05) is 18.5 Å². The molecule has 2 rings (SSSR count). The number of rotatable bonds is 2. The molecule has 0 atom stereocenters. The van der Waals surface area contributed by atoms with E-state index in [9.17, 15) is 4.79 Å². The third-order valence-electron chi connectivity index (χ3n) is 2.36. The molecular weight excluding hydrogens is 202 g/mol. The summed E-state index contributed by atoms with van der Waals surface area (Å²) in [5.74, 6) is 0.595. The normalized spacial score (nSPS) is 18.6. The van der Waals surface area contributed by atoms with E-state index in [0.29, 0.717) is 5.76 Å². The van der Waals surface area contributed by atoms with Crippen molar-refractivity contribution >= 4 is 11.9 Å². The Morgan fingerprint density at radius 2 is 2.19 bits per heavy atom. The summed E-state index contributed by atoms with van der Waals surface area (Å²) in [6.07, 6.45) is 8.64. The molecule has 0 unspecified atom stereocenters. The Morgan fingerprint density at radius 3 is 2.75 bits per heavy atom. The van der Waals surface area contributed by atoms with E-state index < -0.39 is 5.60 Å². The molecule has 2 heterocycles. The highest BCUT2D eigenvalue weighted by molar-refractivity contribution is 5.99. The minimum absolute atomic E-state index is 0.00154. The molecule has 0 radical (unpaired) electrons. The smallest absolute Gasteiger partial charge is 0.202 e. The number of pyridine rings is 1. The molecule has 1 aliphatic rings. The molecule has 0 saturated heterocycles. The predicted molar refractivity (Wildman–Crippen MR) is 61.5 cm³/mol. The fraction of sp³-hybridized carbons (Fsp3) is 0.231. The minimum atomic E-state index is -0.728. The lowest BCUT2D eigenvalue weighted by molar-refractivity contribution is -0.126. The van der Waals surface area contributed by atoms with Gasteiger partial charge < -0.3 is 4.74 Å². The van der Waals surface area contributed by atoms with Crippen LogP contribution in [-0.4, -0.2) is 16.4 Å². The molecule has 3 nitrogen and oxygen atoms in total. The Kier molecular flexibility index (Phi) is 2.60. The van der Waals surface area contributed by atoms with Crippen LogP contribution in [0.2, 0.25) is 0 Å². The van der Waals surface area contributed by atoms with Crippen LogP contribution in [0.5, 0.6) is 0 Å². The van der Waals surface area contributed by atoms with Crippen molar-refractivity contribution in [2.45, 2.75) is 19.4 Å². The van der Waals surface area contributed by atoms with Crippen LogP contribution in [-0.2, 0) is 9.53 Å². The SMILES string of the molecule is CC1(C)OC(C=Cc2cccnc2)=CC1=O. The van der Waals surface area contributed by atoms with Crippen molar-refractivity contribution in [3.05, 3.63) is 48.0 Å². The van der Waals surface area contributed by atoms with Crippen molar-refractivity contribution in [3.63, 3.8) is 0 Å². The first kappa shape index (κ1) is 10.6. The standard InChI is InChI=1S/C13H13NO2/c1-13(2)12(15)8-11(16-13)6-5-10-4-3-7-14-9-10/h3-9H,1-2H3. The van der Waals surface area contributed by atoms with Crippen LogP contribution in [0.25, 0.3) is 6.08 Å². The number of ketones is 1. The summed E-state index contributed by atoms with van der Waals surface area (Å²) in [5, 5.41) is 0.